The summed E-state index contributed by atoms with van der Waals surface area (Å²) in [6, 6.07) is 5.01. The first-order chi connectivity index (χ1) is 7.62. The second kappa shape index (κ2) is 5.72. The van der Waals surface area contributed by atoms with E-state index in [1.165, 1.54) is 0 Å². The van der Waals surface area contributed by atoms with Gasteiger partial charge in [-0.15, -0.1) is 0 Å². The molecule has 0 aliphatic heterocycles. The molecule has 2 atom stereocenters. The Balaban J connectivity index is 3.02. The molecular weight excluding hydrogens is 206 g/mol. The molecule has 4 nitrogen and oxygen atoms in total. The van der Waals surface area contributed by atoms with Gasteiger partial charge in [-0.3, -0.25) is 0 Å². The number of ether oxygens (including phenoxy) is 2. The van der Waals surface area contributed by atoms with Crippen LogP contribution in [0, 0.1) is 0 Å². The third-order valence-corrected chi connectivity index (χ3v) is 2.59. The van der Waals surface area contributed by atoms with E-state index in [1.807, 2.05) is 6.92 Å². The van der Waals surface area contributed by atoms with Gasteiger partial charge in [-0.05, 0) is 24.1 Å². The lowest BCUT2D eigenvalue weighted by Gasteiger charge is -2.18. The molecule has 1 aromatic rings. The van der Waals surface area contributed by atoms with Gasteiger partial charge in [0.05, 0.1) is 20.3 Å². The highest BCUT2D eigenvalue weighted by molar-refractivity contribution is 5.39. The minimum atomic E-state index is -0.700. The van der Waals surface area contributed by atoms with Crippen molar-refractivity contribution in [2.75, 3.05) is 14.2 Å². The Bertz CT molecular complexity index is 319. The second-order valence-corrected chi connectivity index (χ2v) is 3.66. The maximum absolute atomic E-state index is 9.99. The van der Waals surface area contributed by atoms with Crippen molar-refractivity contribution in [1.82, 2.24) is 0 Å². The Morgan fingerprint density at radius 3 is 2.06 bits per heavy atom. The fourth-order valence-electron chi connectivity index (χ4n) is 1.47. The van der Waals surface area contributed by atoms with Gasteiger partial charge in [-0.1, -0.05) is 6.92 Å². The minimum absolute atomic E-state index is 0.281. The first-order valence-corrected chi connectivity index (χ1v) is 5.29. The summed E-state index contributed by atoms with van der Waals surface area (Å²) in [6.45, 7) is 1.94. The molecule has 0 aliphatic rings. The van der Waals surface area contributed by atoms with Crippen LogP contribution in [0.25, 0.3) is 0 Å². The largest absolute Gasteiger partial charge is 0.497 e. The van der Waals surface area contributed by atoms with Crippen molar-refractivity contribution in [1.29, 1.82) is 0 Å². The predicted molar refractivity (Wildman–Crippen MR) is 62.8 cm³/mol. The van der Waals surface area contributed by atoms with Crippen molar-refractivity contribution >= 4 is 0 Å². The maximum atomic E-state index is 9.99. The van der Waals surface area contributed by atoms with Gasteiger partial charge >= 0.3 is 0 Å². The third kappa shape index (κ3) is 2.87. The van der Waals surface area contributed by atoms with E-state index in [-0.39, 0.29) is 6.04 Å². The molecule has 3 N–H and O–H groups in total. The van der Waals surface area contributed by atoms with E-state index >= 15 is 0 Å². The molecule has 0 spiro atoms. The first kappa shape index (κ1) is 12.8. The molecule has 0 fully saturated rings. The zero-order valence-electron chi connectivity index (χ0n) is 9.93. The molecule has 0 saturated carbocycles. The topological polar surface area (TPSA) is 64.7 Å². The number of hydrogen-bond acceptors (Lipinski definition) is 4. The highest BCUT2D eigenvalue weighted by atomic mass is 16.5. The highest BCUT2D eigenvalue weighted by Gasteiger charge is 2.16. The molecule has 0 amide bonds. The summed E-state index contributed by atoms with van der Waals surface area (Å²) in [5, 5.41) is 9.99. The fraction of sp³-hybridized carbons (Fsp3) is 0.500. The molecule has 2 unspecified atom stereocenters. The maximum Gasteiger partial charge on any atom is 0.122 e. The van der Waals surface area contributed by atoms with Crippen molar-refractivity contribution in [2.45, 2.75) is 25.5 Å². The number of benzene rings is 1. The number of nitrogens with two attached hydrogens (primary N) is 1. The molecule has 0 bridgehead atoms. The number of methoxy groups -OCH3 is 2. The average molecular weight is 225 g/mol. The van der Waals surface area contributed by atoms with E-state index in [2.05, 4.69) is 0 Å². The van der Waals surface area contributed by atoms with E-state index in [0.29, 0.717) is 23.5 Å². The van der Waals surface area contributed by atoms with Crippen LogP contribution in [0.2, 0.25) is 0 Å². The number of aliphatic hydroxyl groups is 1. The van der Waals surface area contributed by atoms with Gasteiger partial charge in [-0.2, -0.15) is 0 Å². The first-order valence-electron chi connectivity index (χ1n) is 5.29. The molecule has 0 aromatic heterocycles. The van der Waals surface area contributed by atoms with Crippen molar-refractivity contribution in [3.63, 3.8) is 0 Å². The monoisotopic (exact) mass is 225 g/mol. The molecule has 16 heavy (non-hydrogen) atoms. The average Bonchev–Trinajstić information content (AvgIpc) is 2.35. The van der Waals surface area contributed by atoms with Gasteiger partial charge in [0, 0.05) is 12.1 Å². The molecule has 0 heterocycles. The Hall–Kier alpha value is -1.26. The lowest BCUT2D eigenvalue weighted by Crippen LogP contribution is -2.27. The van der Waals surface area contributed by atoms with Crippen LogP contribution in [0.15, 0.2) is 18.2 Å². The smallest absolute Gasteiger partial charge is 0.122 e. The Labute approximate surface area is 96.0 Å². The van der Waals surface area contributed by atoms with Crippen LogP contribution in [0.4, 0.5) is 0 Å². The number of aliphatic hydroxyl groups excluding tert-OH is 1. The van der Waals surface area contributed by atoms with Gasteiger partial charge in [-0.25, -0.2) is 0 Å². The van der Waals surface area contributed by atoms with Crippen molar-refractivity contribution in [3.05, 3.63) is 23.8 Å². The standard InChI is InChI=1S/C12H19NO3/c1-4-11(13)12(14)8-5-9(15-2)7-10(6-8)16-3/h5-7,11-12,14H,4,13H2,1-3H3. The molecular formula is C12H19NO3. The second-order valence-electron chi connectivity index (χ2n) is 3.66. The summed E-state index contributed by atoms with van der Waals surface area (Å²) in [4.78, 5) is 0. The van der Waals surface area contributed by atoms with E-state index in [1.54, 1.807) is 32.4 Å². The summed E-state index contributed by atoms with van der Waals surface area (Å²) in [6.07, 6.45) is 0.00902. The van der Waals surface area contributed by atoms with E-state index in [4.69, 9.17) is 15.2 Å². The predicted octanol–water partition coefficient (Wildman–Crippen LogP) is 1.47. The zero-order chi connectivity index (χ0) is 12.1. The molecule has 1 rings (SSSR count). The number of rotatable bonds is 5. The molecule has 1 aromatic carbocycles. The SMILES string of the molecule is CCC(N)C(O)c1cc(OC)cc(OC)c1. The van der Waals surface area contributed by atoms with Gasteiger partial charge < -0.3 is 20.3 Å². The normalized spacial score (nSPS) is 14.3. The van der Waals surface area contributed by atoms with Crippen LogP contribution in [-0.2, 0) is 0 Å². The van der Waals surface area contributed by atoms with Gasteiger partial charge in [0.15, 0.2) is 0 Å². The van der Waals surface area contributed by atoms with Crippen molar-refractivity contribution in [2.24, 2.45) is 5.73 Å². The fourth-order valence-corrected chi connectivity index (χ4v) is 1.47. The highest BCUT2D eigenvalue weighted by Crippen LogP contribution is 2.27. The van der Waals surface area contributed by atoms with Crippen LogP contribution < -0.4 is 15.2 Å². The van der Waals surface area contributed by atoms with E-state index < -0.39 is 6.10 Å². The summed E-state index contributed by atoms with van der Waals surface area (Å²) < 4.78 is 10.3. The summed E-state index contributed by atoms with van der Waals surface area (Å²) >= 11 is 0. The Morgan fingerprint density at radius 1 is 1.19 bits per heavy atom. The lowest BCUT2D eigenvalue weighted by atomic mass is 10.0. The minimum Gasteiger partial charge on any atom is -0.497 e. The molecule has 0 radical (unpaired) electrons. The van der Waals surface area contributed by atoms with Crippen LogP contribution in [0.3, 0.4) is 0 Å². The van der Waals surface area contributed by atoms with Crippen LogP contribution in [0.5, 0.6) is 11.5 Å². The van der Waals surface area contributed by atoms with Crippen LogP contribution >= 0.6 is 0 Å². The zero-order valence-corrected chi connectivity index (χ0v) is 9.93. The Kier molecular flexibility index (Phi) is 4.58. The quantitative estimate of drug-likeness (QED) is 0.796. The molecule has 0 saturated heterocycles. The summed E-state index contributed by atoms with van der Waals surface area (Å²) in [7, 11) is 3.15. The van der Waals surface area contributed by atoms with Gasteiger partial charge in [0.1, 0.15) is 11.5 Å². The van der Waals surface area contributed by atoms with Gasteiger partial charge in [0.25, 0.3) is 0 Å². The molecule has 90 valence electrons. The molecule has 0 aliphatic carbocycles. The summed E-state index contributed by atoms with van der Waals surface area (Å²) in [5.74, 6) is 1.30. The van der Waals surface area contributed by atoms with Gasteiger partial charge in [0.2, 0.25) is 0 Å². The lowest BCUT2D eigenvalue weighted by molar-refractivity contribution is 0.144. The summed E-state index contributed by atoms with van der Waals surface area (Å²) in [5.41, 5.74) is 6.51. The van der Waals surface area contributed by atoms with Crippen molar-refractivity contribution in [3.8, 4) is 11.5 Å². The number of hydrogen-bond donors (Lipinski definition) is 2. The van der Waals surface area contributed by atoms with E-state index in [9.17, 15) is 5.11 Å². The van der Waals surface area contributed by atoms with Crippen molar-refractivity contribution < 1.29 is 14.6 Å². The Morgan fingerprint density at radius 2 is 1.69 bits per heavy atom. The molecule has 4 heteroatoms. The van der Waals surface area contributed by atoms with E-state index in [0.717, 1.165) is 0 Å². The van der Waals surface area contributed by atoms with Crippen LogP contribution in [0.1, 0.15) is 25.0 Å². The van der Waals surface area contributed by atoms with Crippen LogP contribution in [-0.4, -0.2) is 25.4 Å². The third-order valence-electron chi connectivity index (χ3n) is 2.59.